The second kappa shape index (κ2) is 6.30. The van der Waals surface area contributed by atoms with Gasteiger partial charge in [-0.2, -0.15) is 0 Å². The van der Waals surface area contributed by atoms with Gasteiger partial charge in [-0.25, -0.2) is 0 Å². The molecule has 1 N–H and O–H groups in total. The van der Waals surface area contributed by atoms with Gasteiger partial charge in [0.05, 0.1) is 10.7 Å². The number of hydrogen-bond acceptors (Lipinski definition) is 4. The molecule has 24 heavy (non-hydrogen) atoms. The third-order valence-corrected chi connectivity index (χ3v) is 5.05. The minimum atomic E-state index is -0.181. The van der Waals surface area contributed by atoms with E-state index in [4.69, 9.17) is 27.7 Å². The molecule has 4 rings (SSSR count). The molecule has 0 radical (unpaired) electrons. The molecule has 1 atom stereocenters. The number of amides is 1. The van der Waals surface area contributed by atoms with Crippen LogP contribution < -0.4 is 10.2 Å². The predicted molar refractivity (Wildman–Crippen MR) is 93.0 cm³/mol. The van der Waals surface area contributed by atoms with Crippen molar-refractivity contribution in [2.24, 2.45) is 0 Å². The van der Waals surface area contributed by atoms with Crippen molar-refractivity contribution in [3.63, 3.8) is 0 Å². The Labute approximate surface area is 149 Å². The number of rotatable bonds is 4. The van der Waals surface area contributed by atoms with Crippen LogP contribution in [0.3, 0.4) is 0 Å². The van der Waals surface area contributed by atoms with Gasteiger partial charge in [-0.05, 0) is 37.5 Å². The lowest BCUT2D eigenvalue weighted by Gasteiger charge is -2.20. The van der Waals surface area contributed by atoms with E-state index in [9.17, 15) is 4.79 Å². The summed E-state index contributed by atoms with van der Waals surface area (Å²) in [5, 5.41) is 8.15. The number of nitrogens with one attached hydrogen (secondary N) is 1. The Kier molecular flexibility index (Phi) is 4.14. The fourth-order valence-corrected chi connectivity index (χ4v) is 3.58. The zero-order valence-electron chi connectivity index (χ0n) is 13.0. The fraction of sp³-hybridized carbons (Fsp3) is 0.412. The minimum absolute atomic E-state index is 0.0605. The number of halogens is 2. The number of hydrogen-bond donors (Lipinski definition) is 1. The van der Waals surface area contributed by atoms with Crippen molar-refractivity contribution in [2.45, 2.75) is 31.2 Å². The average molecular weight is 366 g/mol. The Morgan fingerprint density at radius 1 is 1.25 bits per heavy atom. The lowest BCUT2D eigenvalue weighted by atomic mass is 10.2. The molecule has 2 heterocycles. The molecule has 1 aromatic carbocycles. The molecule has 0 spiro atoms. The monoisotopic (exact) mass is 365 g/mol. The Balaban J connectivity index is 1.38. The Bertz CT molecular complexity index is 773. The summed E-state index contributed by atoms with van der Waals surface area (Å²) in [5.41, 5.74) is 1.30. The molecular weight excluding hydrogens is 349 g/mol. The second-order valence-corrected chi connectivity index (χ2v) is 7.23. The fourth-order valence-electron chi connectivity index (χ4n) is 3.05. The van der Waals surface area contributed by atoms with Crippen LogP contribution in [0.2, 0.25) is 10.0 Å². The molecular formula is C17H17Cl2N3O2. The molecule has 0 bridgehead atoms. The van der Waals surface area contributed by atoms with Gasteiger partial charge in [0.15, 0.2) is 5.69 Å². The first-order valence-electron chi connectivity index (χ1n) is 8.07. The summed E-state index contributed by atoms with van der Waals surface area (Å²) in [6.45, 7) is 1.54. The summed E-state index contributed by atoms with van der Waals surface area (Å²) in [4.78, 5) is 14.5. The first kappa shape index (κ1) is 15.8. The standard InChI is InChI=1S/C17H17Cl2N3O2/c18-11-3-4-15(13(19)7-11)22-6-5-12(9-22)20-17(23)14-8-16(24-21-14)10-1-2-10/h3-4,7-8,10,12H,1-2,5-6,9H2,(H,20,23). The molecule has 1 aromatic heterocycles. The van der Waals surface area contributed by atoms with Crippen LogP contribution in [0, 0.1) is 0 Å². The van der Waals surface area contributed by atoms with Gasteiger partial charge in [0.1, 0.15) is 5.76 Å². The summed E-state index contributed by atoms with van der Waals surface area (Å²) < 4.78 is 5.24. The molecule has 1 aliphatic carbocycles. The second-order valence-electron chi connectivity index (χ2n) is 6.39. The summed E-state index contributed by atoms with van der Waals surface area (Å²) in [7, 11) is 0. The van der Waals surface area contributed by atoms with E-state index < -0.39 is 0 Å². The zero-order chi connectivity index (χ0) is 16.7. The van der Waals surface area contributed by atoms with Crippen molar-refractivity contribution in [1.82, 2.24) is 10.5 Å². The molecule has 5 nitrogen and oxygen atoms in total. The third-order valence-electron chi connectivity index (χ3n) is 4.51. The van der Waals surface area contributed by atoms with Gasteiger partial charge in [-0.3, -0.25) is 4.79 Å². The number of aromatic nitrogens is 1. The smallest absolute Gasteiger partial charge is 0.273 e. The quantitative estimate of drug-likeness (QED) is 0.893. The number of nitrogens with zero attached hydrogens (tertiary/aromatic N) is 2. The highest BCUT2D eigenvalue weighted by Gasteiger charge is 2.30. The van der Waals surface area contributed by atoms with Crippen LogP contribution in [0.5, 0.6) is 0 Å². The van der Waals surface area contributed by atoms with Gasteiger partial charge < -0.3 is 14.7 Å². The maximum Gasteiger partial charge on any atom is 0.273 e. The van der Waals surface area contributed by atoms with Crippen LogP contribution in [-0.2, 0) is 0 Å². The Hall–Kier alpha value is -1.72. The number of carbonyl (C=O) groups is 1. The predicted octanol–water partition coefficient (Wildman–Crippen LogP) is 3.87. The van der Waals surface area contributed by atoms with E-state index in [1.807, 2.05) is 12.1 Å². The van der Waals surface area contributed by atoms with Crippen molar-refractivity contribution in [2.75, 3.05) is 18.0 Å². The number of anilines is 1. The van der Waals surface area contributed by atoms with Crippen LogP contribution in [0.4, 0.5) is 5.69 Å². The van der Waals surface area contributed by atoms with E-state index in [2.05, 4.69) is 15.4 Å². The van der Waals surface area contributed by atoms with E-state index >= 15 is 0 Å². The lowest BCUT2D eigenvalue weighted by molar-refractivity contribution is 0.0931. The molecule has 1 unspecified atom stereocenters. The van der Waals surface area contributed by atoms with E-state index in [1.165, 1.54) is 0 Å². The SMILES string of the molecule is O=C(NC1CCN(c2ccc(Cl)cc2Cl)C1)c1cc(C2CC2)on1. The van der Waals surface area contributed by atoms with Crippen molar-refractivity contribution < 1.29 is 9.32 Å². The van der Waals surface area contributed by atoms with Gasteiger partial charge in [-0.15, -0.1) is 0 Å². The number of benzene rings is 1. The number of carbonyl (C=O) groups excluding carboxylic acids is 1. The van der Waals surface area contributed by atoms with Gasteiger partial charge >= 0.3 is 0 Å². The molecule has 2 fully saturated rings. The van der Waals surface area contributed by atoms with Crippen LogP contribution in [0.15, 0.2) is 28.8 Å². The molecule has 2 aromatic rings. The molecule has 1 saturated carbocycles. The van der Waals surface area contributed by atoms with Gasteiger partial charge in [0.2, 0.25) is 0 Å². The normalized spacial score (nSPS) is 20.4. The molecule has 1 amide bonds. The maximum absolute atomic E-state index is 12.3. The molecule has 126 valence electrons. The van der Waals surface area contributed by atoms with Crippen LogP contribution >= 0.6 is 23.2 Å². The van der Waals surface area contributed by atoms with Crippen LogP contribution in [-0.4, -0.2) is 30.2 Å². The Morgan fingerprint density at radius 3 is 2.83 bits per heavy atom. The van der Waals surface area contributed by atoms with Crippen LogP contribution in [0.25, 0.3) is 0 Å². The van der Waals surface area contributed by atoms with E-state index in [-0.39, 0.29) is 11.9 Å². The maximum atomic E-state index is 12.3. The highest BCUT2D eigenvalue weighted by atomic mass is 35.5. The summed E-state index contributed by atoms with van der Waals surface area (Å²) in [6.07, 6.45) is 3.10. The van der Waals surface area contributed by atoms with Crippen molar-refractivity contribution in [3.8, 4) is 0 Å². The largest absolute Gasteiger partial charge is 0.368 e. The highest BCUT2D eigenvalue weighted by molar-refractivity contribution is 6.36. The summed E-state index contributed by atoms with van der Waals surface area (Å²) in [5.74, 6) is 1.09. The highest BCUT2D eigenvalue weighted by Crippen LogP contribution is 2.40. The summed E-state index contributed by atoms with van der Waals surface area (Å²) in [6, 6.07) is 7.29. The first-order valence-corrected chi connectivity index (χ1v) is 8.83. The van der Waals surface area contributed by atoms with Crippen molar-refractivity contribution in [3.05, 3.63) is 45.8 Å². The molecule has 2 aliphatic rings. The van der Waals surface area contributed by atoms with Gasteiger partial charge in [0.25, 0.3) is 5.91 Å². The van der Waals surface area contributed by atoms with Gasteiger partial charge in [0, 0.05) is 36.1 Å². The van der Waals surface area contributed by atoms with E-state index in [0.29, 0.717) is 28.2 Å². The molecule has 1 aliphatic heterocycles. The molecule has 1 saturated heterocycles. The Morgan fingerprint density at radius 2 is 2.08 bits per heavy atom. The average Bonchev–Trinajstić information content (AvgIpc) is 3.09. The van der Waals surface area contributed by atoms with Crippen molar-refractivity contribution >= 4 is 34.8 Å². The topological polar surface area (TPSA) is 58.4 Å². The zero-order valence-corrected chi connectivity index (χ0v) is 14.5. The molecule has 7 heteroatoms. The first-order chi connectivity index (χ1) is 11.6. The van der Waals surface area contributed by atoms with E-state index in [0.717, 1.165) is 37.3 Å². The summed E-state index contributed by atoms with van der Waals surface area (Å²) >= 11 is 12.2. The van der Waals surface area contributed by atoms with Crippen molar-refractivity contribution in [1.29, 1.82) is 0 Å². The van der Waals surface area contributed by atoms with Gasteiger partial charge in [-0.1, -0.05) is 28.4 Å². The lowest BCUT2D eigenvalue weighted by Crippen LogP contribution is -2.37. The van der Waals surface area contributed by atoms with Crippen LogP contribution in [0.1, 0.15) is 41.4 Å². The minimum Gasteiger partial charge on any atom is -0.368 e. The van der Waals surface area contributed by atoms with E-state index in [1.54, 1.807) is 12.1 Å². The third kappa shape index (κ3) is 3.23.